The van der Waals surface area contributed by atoms with Crippen LogP contribution in [0.15, 0.2) is 30.6 Å². The Kier molecular flexibility index (Phi) is 7.23. The molecule has 2 amide bonds. The summed E-state index contributed by atoms with van der Waals surface area (Å²) in [7, 11) is 0. The largest absolute Gasteiger partial charge is 0.370 e. The maximum atomic E-state index is 12.6. The molecule has 0 radical (unpaired) electrons. The molecule has 0 saturated carbocycles. The predicted molar refractivity (Wildman–Crippen MR) is 114 cm³/mol. The Bertz CT molecular complexity index is 853. The fraction of sp³-hybridized carbons (Fsp3) is 0.450. The molecule has 9 heteroatoms. The van der Waals surface area contributed by atoms with Gasteiger partial charge < -0.3 is 20.7 Å². The lowest BCUT2D eigenvalue weighted by atomic mass is 9.83. The van der Waals surface area contributed by atoms with E-state index in [-0.39, 0.29) is 29.8 Å². The Labute approximate surface area is 180 Å². The number of ether oxygens (including phenoxy) is 1. The van der Waals surface area contributed by atoms with Crippen molar-refractivity contribution in [2.75, 3.05) is 32.8 Å². The van der Waals surface area contributed by atoms with Crippen LogP contribution in [0.5, 0.6) is 0 Å². The first-order valence-corrected chi connectivity index (χ1v) is 10.4. The second-order valence-electron chi connectivity index (χ2n) is 7.04. The molecule has 2 aromatic rings. The summed E-state index contributed by atoms with van der Waals surface area (Å²) in [5.41, 5.74) is 1.52. The third-order valence-corrected chi connectivity index (χ3v) is 6.47. The first kappa shape index (κ1) is 21.7. The average Bonchev–Trinajstić information content (AvgIpc) is 3.18. The molecule has 1 saturated heterocycles. The summed E-state index contributed by atoms with van der Waals surface area (Å²) in [6.45, 7) is 3.35. The van der Waals surface area contributed by atoms with Gasteiger partial charge in [-0.05, 0) is 49.7 Å². The van der Waals surface area contributed by atoms with Crippen LogP contribution in [0.1, 0.15) is 43.3 Å². The average molecular weight is 437 g/mol. The Morgan fingerprint density at radius 2 is 1.83 bits per heavy atom. The van der Waals surface area contributed by atoms with Gasteiger partial charge in [0, 0.05) is 42.3 Å². The number of piperidine rings is 1. The van der Waals surface area contributed by atoms with Crippen LogP contribution in [0.4, 0.5) is 0 Å². The highest BCUT2D eigenvalue weighted by Gasteiger charge is 2.40. The van der Waals surface area contributed by atoms with Gasteiger partial charge in [0.2, 0.25) is 0 Å². The molecule has 1 fully saturated rings. The molecule has 1 spiro atoms. The molecule has 4 rings (SSSR count). The minimum atomic E-state index is -0.230. The molecule has 3 N–H and O–H groups in total. The minimum Gasteiger partial charge on any atom is -0.370 e. The second-order valence-corrected chi connectivity index (χ2v) is 8.17. The van der Waals surface area contributed by atoms with Crippen molar-refractivity contribution in [3.8, 4) is 0 Å². The van der Waals surface area contributed by atoms with Gasteiger partial charge in [0.1, 0.15) is 0 Å². The lowest BCUT2D eigenvalue weighted by molar-refractivity contribution is -0.0792. The number of aromatic nitrogens is 1. The first-order chi connectivity index (χ1) is 13.7. The van der Waals surface area contributed by atoms with Crippen LogP contribution in [0, 0.1) is 0 Å². The Morgan fingerprint density at radius 1 is 1.14 bits per heavy atom. The van der Waals surface area contributed by atoms with Gasteiger partial charge >= 0.3 is 0 Å². The van der Waals surface area contributed by atoms with Crippen molar-refractivity contribution in [3.63, 3.8) is 0 Å². The monoisotopic (exact) mass is 436 g/mol. The molecule has 2 aliphatic rings. The smallest absolute Gasteiger partial charge is 0.261 e. The standard InChI is InChI=1S/C20H24N4O3S.ClH/c25-18(14-1-6-21-7-2-14)23-10-11-24-19(26)17-13-15-16(28-17)3-12-27-20(15)4-8-22-9-5-20;/h1-2,6-7,13,22H,3-5,8-12H2,(H,23,25)(H,24,26);1H. The van der Waals surface area contributed by atoms with Gasteiger partial charge in [-0.25, -0.2) is 0 Å². The lowest BCUT2D eigenvalue weighted by Gasteiger charge is -2.40. The molecule has 4 heterocycles. The van der Waals surface area contributed by atoms with Crippen LogP contribution in [0.25, 0.3) is 0 Å². The van der Waals surface area contributed by atoms with Crippen LogP contribution in [-0.4, -0.2) is 49.6 Å². The zero-order valence-corrected chi connectivity index (χ0v) is 17.7. The van der Waals surface area contributed by atoms with Crippen molar-refractivity contribution in [1.29, 1.82) is 0 Å². The third kappa shape index (κ3) is 4.78. The highest BCUT2D eigenvalue weighted by molar-refractivity contribution is 7.14. The molecule has 156 valence electrons. The van der Waals surface area contributed by atoms with Gasteiger partial charge in [0.05, 0.1) is 17.1 Å². The van der Waals surface area contributed by atoms with Gasteiger partial charge in [-0.3, -0.25) is 14.6 Å². The molecular formula is C20H25ClN4O3S. The highest BCUT2D eigenvalue weighted by Crippen LogP contribution is 2.43. The SMILES string of the molecule is Cl.O=C(NCCNC(=O)c1cc2c(s1)CCOC21CCNCC1)c1ccncc1. The van der Waals surface area contributed by atoms with E-state index in [0.29, 0.717) is 23.5 Å². The van der Waals surface area contributed by atoms with Crippen molar-refractivity contribution in [2.45, 2.75) is 24.9 Å². The topological polar surface area (TPSA) is 92.4 Å². The lowest BCUT2D eigenvalue weighted by Crippen LogP contribution is -2.44. The van der Waals surface area contributed by atoms with Crippen molar-refractivity contribution in [3.05, 3.63) is 51.5 Å². The van der Waals surface area contributed by atoms with Crippen LogP contribution >= 0.6 is 23.7 Å². The van der Waals surface area contributed by atoms with Gasteiger partial charge in [-0.1, -0.05) is 0 Å². The summed E-state index contributed by atoms with van der Waals surface area (Å²) >= 11 is 1.57. The van der Waals surface area contributed by atoms with E-state index in [9.17, 15) is 9.59 Å². The third-order valence-electron chi connectivity index (χ3n) is 5.28. The van der Waals surface area contributed by atoms with Crippen molar-refractivity contribution < 1.29 is 14.3 Å². The number of hydrogen-bond acceptors (Lipinski definition) is 6. The maximum Gasteiger partial charge on any atom is 0.261 e. The first-order valence-electron chi connectivity index (χ1n) is 9.62. The number of carbonyl (C=O) groups excluding carboxylic acids is 2. The molecule has 7 nitrogen and oxygen atoms in total. The molecule has 0 aliphatic carbocycles. The van der Waals surface area contributed by atoms with E-state index in [1.54, 1.807) is 35.9 Å². The van der Waals surface area contributed by atoms with E-state index in [1.807, 2.05) is 6.07 Å². The molecule has 0 aromatic carbocycles. The molecule has 29 heavy (non-hydrogen) atoms. The van der Waals surface area contributed by atoms with Crippen molar-refractivity contribution in [1.82, 2.24) is 20.9 Å². The van der Waals surface area contributed by atoms with E-state index in [2.05, 4.69) is 20.9 Å². The second kappa shape index (κ2) is 9.67. The van der Waals surface area contributed by atoms with Gasteiger partial charge in [0.15, 0.2) is 0 Å². The number of fused-ring (bicyclic) bond motifs is 2. The molecule has 2 aliphatic heterocycles. The van der Waals surface area contributed by atoms with Crippen LogP contribution in [0.3, 0.4) is 0 Å². The Hall–Kier alpha value is -2.00. The van der Waals surface area contributed by atoms with Gasteiger partial charge in [0.25, 0.3) is 11.8 Å². The Morgan fingerprint density at radius 3 is 2.55 bits per heavy atom. The number of pyridine rings is 1. The predicted octanol–water partition coefficient (Wildman–Crippen LogP) is 1.88. The van der Waals surface area contributed by atoms with Crippen molar-refractivity contribution in [2.24, 2.45) is 0 Å². The number of rotatable bonds is 5. The highest BCUT2D eigenvalue weighted by atomic mass is 35.5. The van der Waals surface area contributed by atoms with Crippen LogP contribution < -0.4 is 16.0 Å². The van der Waals surface area contributed by atoms with Gasteiger partial charge in [-0.2, -0.15) is 0 Å². The number of thiophene rings is 1. The molecule has 0 bridgehead atoms. The summed E-state index contributed by atoms with van der Waals surface area (Å²) < 4.78 is 6.18. The number of nitrogens with zero attached hydrogens (tertiary/aromatic N) is 1. The van der Waals surface area contributed by atoms with Crippen LogP contribution in [0.2, 0.25) is 0 Å². The number of halogens is 1. The molecule has 2 aromatic heterocycles. The molecular weight excluding hydrogens is 412 g/mol. The zero-order chi connectivity index (χ0) is 19.4. The van der Waals surface area contributed by atoms with Crippen molar-refractivity contribution >= 4 is 35.6 Å². The van der Waals surface area contributed by atoms with E-state index < -0.39 is 0 Å². The van der Waals surface area contributed by atoms with E-state index in [0.717, 1.165) is 39.0 Å². The fourth-order valence-electron chi connectivity index (χ4n) is 3.82. The van der Waals surface area contributed by atoms with E-state index >= 15 is 0 Å². The maximum absolute atomic E-state index is 12.6. The quantitative estimate of drug-likeness (QED) is 0.622. The normalized spacial score (nSPS) is 17.1. The fourth-order valence-corrected chi connectivity index (χ4v) is 4.97. The van der Waals surface area contributed by atoms with E-state index in [4.69, 9.17) is 4.74 Å². The number of amides is 2. The zero-order valence-electron chi connectivity index (χ0n) is 16.0. The Balaban J connectivity index is 0.00000240. The van der Waals surface area contributed by atoms with Crippen LogP contribution in [-0.2, 0) is 16.8 Å². The summed E-state index contributed by atoms with van der Waals surface area (Å²) in [6, 6.07) is 5.32. The summed E-state index contributed by atoms with van der Waals surface area (Å²) in [4.78, 5) is 30.4. The molecule has 0 atom stereocenters. The van der Waals surface area contributed by atoms with E-state index in [1.165, 1.54) is 10.4 Å². The number of hydrogen-bond donors (Lipinski definition) is 3. The molecule has 0 unspecified atom stereocenters. The number of carbonyl (C=O) groups is 2. The summed E-state index contributed by atoms with van der Waals surface area (Å²) in [5.74, 6) is -0.269. The minimum absolute atomic E-state index is 0. The summed E-state index contributed by atoms with van der Waals surface area (Å²) in [5, 5.41) is 9.07. The summed E-state index contributed by atoms with van der Waals surface area (Å²) in [6.07, 6.45) is 5.91. The van der Waals surface area contributed by atoms with Gasteiger partial charge in [-0.15, -0.1) is 23.7 Å². The number of nitrogens with one attached hydrogen (secondary N) is 3.